The largest absolute Gasteiger partial charge is 0.334 e. The highest BCUT2D eigenvalue weighted by Crippen LogP contribution is 2.17. The number of carbonyl (C=O) groups is 2. The van der Waals surface area contributed by atoms with Crippen molar-refractivity contribution in [3.05, 3.63) is 71.0 Å². The predicted molar refractivity (Wildman–Crippen MR) is 95.2 cm³/mol. The summed E-state index contributed by atoms with van der Waals surface area (Å²) in [4.78, 5) is 28.3. The lowest BCUT2D eigenvalue weighted by Gasteiger charge is -2.08. The summed E-state index contributed by atoms with van der Waals surface area (Å²) in [6.07, 6.45) is 0.901. The van der Waals surface area contributed by atoms with E-state index in [0.717, 1.165) is 12.0 Å². The van der Waals surface area contributed by atoms with Gasteiger partial charge in [0.1, 0.15) is 0 Å². The van der Waals surface area contributed by atoms with Crippen molar-refractivity contribution in [2.24, 2.45) is 0 Å². The lowest BCUT2D eigenvalue weighted by atomic mass is 10.1. The highest BCUT2D eigenvalue weighted by molar-refractivity contribution is 5.99. The fourth-order valence-electron chi connectivity index (χ4n) is 2.33. The first-order valence-corrected chi connectivity index (χ1v) is 8.17. The molecule has 0 aliphatic heterocycles. The van der Waals surface area contributed by atoms with E-state index in [9.17, 15) is 9.59 Å². The molecule has 132 valence electrons. The molecule has 3 rings (SSSR count). The van der Waals surface area contributed by atoms with Crippen LogP contribution in [-0.2, 0) is 6.42 Å². The van der Waals surface area contributed by atoms with Gasteiger partial charge in [-0.3, -0.25) is 20.4 Å². The number of hydrogen-bond donors (Lipinski definition) is 2. The second-order valence-electron chi connectivity index (χ2n) is 5.68. The summed E-state index contributed by atoms with van der Waals surface area (Å²) in [5.41, 5.74) is 7.53. The molecule has 0 aliphatic rings. The van der Waals surface area contributed by atoms with Crippen LogP contribution in [0.3, 0.4) is 0 Å². The zero-order valence-electron chi connectivity index (χ0n) is 14.4. The third-order valence-electron chi connectivity index (χ3n) is 3.84. The molecule has 2 N–H and O–H groups in total. The van der Waals surface area contributed by atoms with Gasteiger partial charge in [0.05, 0.1) is 0 Å². The number of carbonyl (C=O) groups excluding carboxylic acids is 2. The molecule has 7 nitrogen and oxygen atoms in total. The number of nitrogens with one attached hydrogen (secondary N) is 2. The lowest BCUT2D eigenvalue weighted by Crippen LogP contribution is -2.41. The first kappa shape index (κ1) is 17.3. The first-order chi connectivity index (χ1) is 12.6. The number of amides is 2. The number of benzene rings is 2. The van der Waals surface area contributed by atoms with Crippen LogP contribution in [0.5, 0.6) is 0 Å². The van der Waals surface area contributed by atoms with Crippen molar-refractivity contribution in [1.82, 2.24) is 21.0 Å². The summed E-state index contributed by atoms with van der Waals surface area (Å²) in [7, 11) is 0. The highest BCUT2D eigenvalue weighted by Gasteiger charge is 2.11. The van der Waals surface area contributed by atoms with Gasteiger partial charge >= 0.3 is 0 Å². The summed E-state index contributed by atoms with van der Waals surface area (Å²) in [5, 5.41) is 3.73. The molecule has 7 heteroatoms. The third kappa shape index (κ3) is 3.94. The summed E-state index contributed by atoms with van der Waals surface area (Å²) in [5.74, 6) is 0.130. The molecular weight excluding hydrogens is 332 g/mol. The van der Waals surface area contributed by atoms with Gasteiger partial charge in [-0.25, -0.2) is 0 Å². The fourth-order valence-corrected chi connectivity index (χ4v) is 2.33. The predicted octanol–water partition coefficient (Wildman–Crippen LogP) is 2.68. The molecule has 0 bridgehead atoms. The Hall–Kier alpha value is -3.48. The topological polar surface area (TPSA) is 97.1 Å². The van der Waals surface area contributed by atoms with E-state index in [1.807, 2.05) is 19.1 Å². The molecule has 2 aromatic carbocycles. The third-order valence-corrected chi connectivity index (χ3v) is 3.84. The number of aryl methyl sites for hydroxylation is 2. The van der Waals surface area contributed by atoms with E-state index in [1.165, 1.54) is 0 Å². The van der Waals surface area contributed by atoms with Gasteiger partial charge in [-0.05, 0) is 55.3 Å². The minimum Gasteiger partial charge on any atom is -0.334 e. The van der Waals surface area contributed by atoms with Crippen LogP contribution in [-0.4, -0.2) is 22.0 Å². The Morgan fingerprint density at radius 2 is 1.46 bits per heavy atom. The Bertz CT molecular complexity index is 915. The summed E-state index contributed by atoms with van der Waals surface area (Å²) in [6, 6.07) is 13.9. The van der Waals surface area contributed by atoms with Crippen LogP contribution >= 0.6 is 0 Å². The molecule has 0 saturated carbocycles. The molecule has 2 amide bonds. The Balaban J connectivity index is 1.59. The highest BCUT2D eigenvalue weighted by atomic mass is 16.5. The van der Waals surface area contributed by atoms with E-state index >= 15 is 0 Å². The van der Waals surface area contributed by atoms with Crippen molar-refractivity contribution in [3.63, 3.8) is 0 Å². The maximum absolute atomic E-state index is 12.2. The van der Waals surface area contributed by atoms with Crippen molar-refractivity contribution < 1.29 is 14.1 Å². The van der Waals surface area contributed by atoms with Gasteiger partial charge in [-0.15, -0.1) is 0 Å². The van der Waals surface area contributed by atoms with Gasteiger partial charge in [-0.1, -0.05) is 24.2 Å². The zero-order chi connectivity index (χ0) is 18.5. The van der Waals surface area contributed by atoms with E-state index in [0.29, 0.717) is 28.4 Å². The van der Waals surface area contributed by atoms with Gasteiger partial charge in [-0.2, -0.15) is 4.98 Å². The monoisotopic (exact) mass is 350 g/mol. The Kier molecular flexibility index (Phi) is 5.07. The van der Waals surface area contributed by atoms with Crippen LogP contribution in [0, 0.1) is 6.92 Å². The Morgan fingerprint density at radius 1 is 0.923 bits per heavy atom. The van der Waals surface area contributed by atoms with Gasteiger partial charge in [0.25, 0.3) is 17.7 Å². The number of rotatable bonds is 4. The maximum atomic E-state index is 12.2. The van der Waals surface area contributed by atoms with E-state index in [4.69, 9.17) is 4.52 Å². The molecule has 26 heavy (non-hydrogen) atoms. The second-order valence-corrected chi connectivity index (χ2v) is 5.68. The van der Waals surface area contributed by atoms with Crippen LogP contribution in [0.1, 0.15) is 39.0 Å². The molecule has 0 fully saturated rings. The molecule has 0 unspecified atom stereocenters. The summed E-state index contributed by atoms with van der Waals surface area (Å²) in [6.45, 7) is 3.77. The van der Waals surface area contributed by atoms with Crippen molar-refractivity contribution >= 4 is 11.8 Å². The van der Waals surface area contributed by atoms with Gasteiger partial charge in [0.2, 0.25) is 0 Å². The van der Waals surface area contributed by atoms with E-state index < -0.39 is 5.91 Å². The average molecular weight is 350 g/mol. The van der Waals surface area contributed by atoms with Crippen molar-refractivity contribution in [2.45, 2.75) is 20.3 Å². The SMILES string of the molecule is CCc1ccc(C(=O)NNC(=O)c2ccc(-c3nc(C)no3)cc2)cc1. The normalized spacial score (nSPS) is 10.4. The van der Waals surface area contributed by atoms with Crippen LogP contribution in [0.15, 0.2) is 53.1 Å². The minimum atomic E-state index is -0.420. The Labute approximate surface area is 150 Å². The zero-order valence-corrected chi connectivity index (χ0v) is 14.4. The molecule has 1 heterocycles. The average Bonchev–Trinajstić information content (AvgIpc) is 3.12. The van der Waals surface area contributed by atoms with Crippen LogP contribution in [0.4, 0.5) is 0 Å². The fraction of sp³-hybridized carbons (Fsp3) is 0.158. The molecule has 1 aromatic heterocycles. The van der Waals surface area contributed by atoms with Crippen molar-refractivity contribution in [2.75, 3.05) is 0 Å². The Morgan fingerprint density at radius 3 is 1.92 bits per heavy atom. The molecular formula is C19H18N4O3. The molecule has 0 spiro atoms. The molecule has 0 radical (unpaired) electrons. The summed E-state index contributed by atoms with van der Waals surface area (Å²) >= 11 is 0. The number of hydrazine groups is 1. The minimum absolute atomic E-state index is 0.376. The number of nitrogens with zero attached hydrogens (tertiary/aromatic N) is 2. The smallest absolute Gasteiger partial charge is 0.269 e. The quantitative estimate of drug-likeness (QED) is 0.705. The first-order valence-electron chi connectivity index (χ1n) is 8.17. The number of aromatic nitrogens is 2. The van der Waals surface area contributed by atoms with E-state index in [1.54, 1.807) is 43.3 Å². The van der Waals surface area contributed by atoms with Gasteiger partial charge < -0.3 is 4.52 Å². The van der Waals surface area contributed by atoms with Crippen LogP contribution < -0.4 is 10.9 Å². The molecule has 0 atom stereocenters. The van der Waals surface area contributed by atoms with Gasteiger partial charge in [0.15, 0.2) is 5.82 Å². The maximum Gasteiger partial charge on any atom is 0.269 e. The molecule has 3 aromatic rings. The van der Waals surface area contributed by atoms with Crippen LogP contribution in [0.25, 0.3) is 11.5 Å². The lowest BCUT2D eigenvalue weighted by molar-refractivity contribution is 0.0846. The summed E-state index contributed by atoms with van der Waals surface area (Å²) < 4.78 is 5.08. The second kappa shape index (κ2) is 7.60. The standard InChI is InChI=1S/C19H18N4O3/c1-3-13-4-6-14(7-5-13)17(24)21-22-18(25)15-8-10-16(11-9-15)19-20-12(2)23-26-19/h4-11H,3H2,1-2H3,(H,21,24)(H,22,25). The number of hydrogen-bond acceptors (Lipinski definition) is 5. The molecule has 0 saturated heterocycles. The van der Waals surface area contributed by atoms with Crippen molar-refractivity contribution in [3.8, 4) is 11.5 Å². The van der Waals surface area contributed by atoms with Gasteiger partial charge in [0, 0.05) is 16.7 Å². The van der Waals surface area contributed by atoms with Crippen LogP contribution in [0.2, 0.25) is 0 Å². The molecule has 0 aliphatic carbocycles. The van der Waals surface area contributed by atoms with E-state index in [-0.39, 0.29) is 5.91 Å². The van der Waals surface area contributed by atoms with Crippen molar-refractivity contribution in [1.29, 1.82) is 0 Å². The van der Waals surface area contributed by atoms with E-state index in [2.05, 4.69) is 21.0 Å².